The van der Waals surface area contributed by atoms with Gasteiger partial charge in [-0.3, -0.25) is 33.6 Å². The number of carbonyl (C=O) groups excluding carboxylic acids is 4. The Morgan fingerprint density at radius 2 is 1.09 bits per heavy atom. The zero-order valence-corrected chi connectivity index (χ0v) is 35.4. The van der Waals surface area contributed by atoms with Crippen molar-refractivity contribution in [1.29, 1.82) is 0 Å². The van der Waals surface area contributed by atoms with Gasteiger partial charge in [-0.1, -0.05) is 84.7 Å². The van der Waals surface area contributed by atoms with Crippen LogP contribution in [0.4, 0.5) is 0 Å². The van der Waals surface area contributed by atoms with E-state index in [-0.39, 0.29) is 114 Å². The molecule has 3 N–H and O–H groups in total. The molecule has 15 heteroatoms. The lowest BCUT2D eigenvalue weighted by Crippen LogP contribution is -2.41. The van der Waals surface area contributed by atoms with Gasteiger partial charge in [0.25, 0.3) is 0 Å². The van der Waals surface area contributed by atoms with Crippen LogP contribution in [-0.2, 0) is 58.9 Å². The number of hydrogen-bond acceptors (Lipinski definition) is 12. The van der Waals surface area contributed by atoms with Gasteiger partial charge in [-0.25, -0.2) is 0 Å². The van der Waals surface area contributed by atoms with E-state index in [4.69, 9.17) is 34.3 Å². The molecule has 0 aliphatic heterocycles. The Balaban J connectivity index is -0.0000000867. The highest BCUT2D eigenvalue weighted by molar-refractivity contribution is 7.09. The van der Waals surface area contributed by atoms with E-state index in [2.05, 4.69) is 11.4 Å². The molecule has 64 heavy (non-hydrogen) atoms. The van der Waals surface area contributed by atoms with Gasteiger partial charge in [-0.05, 0) is 90.5 Å². The van der Waals surface area contributed by atoms with Crippen molar-refractivity contribution >= 4 is 52.4 Å². The number of carboxylic acids is 3. The lowest BCUT2D eigenvalue weighted by Gasteiger charge is -2.30. The van der Waals surface area contributed by atoms with Crippen LogP contribution in [0.25, 0.3) is 0 Å². The normalized spacial score (nSPS) is 19.0. The molecule has 2 saturated carbocycles. The van der Waals surface area contributed by atoms with Crippen molar-refractivity contribution in [3.8, 4) is 0 Å². The number of methoxy groups -OCH3 is 4. The second kappa shape index (κ2) is 43.5. The third-order valence-corrected chi connectivity index (χ3v) is 10.9. The summed E-state index contributed by atoms with van der Waals surface area (Å²) in [6.07, 6.45) is 10.8. The van der Waals surface area contributed by atoms with Gasteiger partial charge in [-0.2, -0.15) is 0 Å². The molecule has 2 aliphatic rings. The largest absolute Gasteiger partial charge is 0.481 e. The Labute approximate surface area is 395 Å². The van der Waals surface area contributed by atoms with E-state index in [0.717, 1.165) is 51.4 Å². The quantitative estimate of drug-likeness (QED) is 0.0822. The maximum absolute atomic E-state index is 11.1. The number of aryl methyl sites for hydroxylation is 1. The van der Waals surface area contributed by atoms with Gasteiger partial charge in [0.15, 0.2) is 0 Å². The molecule has 6 unspecified atom stereocenters. The van der Waals surface area contributed by atoms with E-state index >= 15 is 0 Å². The summed E-state index contributed by atoms with van der Waals surface area (Å²) in [5.74, 6) is -3.18. The van der Waals surface area contributed by atoms with Gasteiger partial charge in [0, 0.05) is 65.4 Å². The van der Waals surface area contributed by atoms with Gasteiger partial charge in [0.1, 0.15) is 23.1 Å². The van der Waals surface area contributed by atoms with Gasteiger partial charge in [0.2, 0.25) is 0 Å². The van der Waals surface area contributed by atoms with Crippen LogP contribution >= 0.6 is 11.3 Å². The average molecular weight is 943 g/mol. The van der Waals surface area contributed by atoms with Crippen LogP contribution in [0.3, 0.4) is 0 Å². The Kier molecular flexibility index (Phi) is 55.0. The molecule has 0 amide bonds. The molecule has 2 fully saturated rings. The number of ether oxygens (including phenoxy) is 4. The van der Waals surface area contributed by atoms with Crippen LogP contribution in [0.5, 0.6) is 0 Å². The van der Waals surface area contributed by atoms with Crippen molar-refractivity contribution in [2.75, 3.05) is 28.4 Å². The monoisotopic (exact) mass is 943 g/mol. The number of unbranched alkanes of at least 4 members (excludes halogenated alkanes) is 3. The lowest BCUT2D eigenvalue weighted by atomic mass is 9.86. The molecule has 1 aromatic heterocycles. The fraction of sp³-hybridized carbons (Fsp3) is 0.776. The smallest absolute Gasteiger partial charge is 0.309 e. The molecule has 0 bridgehead atoms. The summed E-state index contributed by atoms with van der Waals surface area (Å²) in [6.45, 7) is 6.09. The Morgan fingerprint density at radius 1 is 0.641 bits per heavy atom. The summed E-state index contributed by atoms with van der Waals surface area (Å²) < 4.78 is 20.7. The molecule has 384 valence electrons. The number of aliphatic carboxylic acids is 3. The number of ketones is 4. The van der Waals surface area contributed by atoms with E-state index in [0.29, 0.717) is 32.1 Å². The van der Waals surface area contributed by atoms with Crippen molar-refractivity contribution in [2.45, 2.75) is 213 Å². The predicted octanol–water partition coefficient (Wildman–Crippen LogP) is 11.9. The molecule has 1 aromatic rings. The average Bonchev–Trinajstić information content (AvgIpc) is 3.40. The zero-order valence-electron chi connectivity index (χ0n) is 34.6. The molecule has 1 heterocycles. The Hall–Kier alpha value is -3.37. The first kappa shape index (κ1) is 80.9. The van der Waals surface area contributed by atoms with E-state index in [1.807, 2.05) is 6.07 Å². The SMILES string of the molecule is C.C.C.C.C.C.C.C.COC(CCCCCCC(=O)O)CC(C)=O.COC(CCc1cccs1)CC(C)=O.COC1(CC(C)=O)CC1C(=O)O.COC1(CC(C)=O)CCCC1C(=O)O. The number of Topliss-reactive ketones (excluding diaryl/α,β-unsaturated/α-hetero) is 4. The fourth-order valence-corrected chi connectivity index (χ4v) is 7.59. The number of thiophene rings is 1. The molecule has 2 aliphatic carbocycles. The number of carboxylic acid groups (broad SMARTS) is 3. The highest BCUT2D eigenvalue weighted by Crippen LogP contribution is 2.49. The third-order valence-electron chi connectivity index (χ3n) is 9.91. The first-order valence-electron chi connectivity index (χ1n) is 19.1. The summed E-state index contributed by atoms with van der Waals surface area (Å²) in [5.41, 5.74) is -1.45. The fourth-order valence-electron chi connectivity index (χ4n) is 6.86. The number of rotatable bonds is 24. The Morgan fingerprint density at radius 3 is 1.45 bits per heavy atom. The minimum absolute atomic E-state index is 0. The molecular formula is C49H98O14S. The second-order valence-electron chi connectivity index (χ2n) is 14.7. The van der Waals surface area contributed by atoms with Gasteiger partial charge < -0.3 is 34.3 Å². The first-order chi connectivity index (χ1) is 26.3. The molecule has 14 nitrogen and oxygen atoms in total. The van der Waals surface area contributed by atoms with Crippen LogP contribution in [0, 0.1) is 11.8 Å². The standard InChI is InChI=1S/C12H22O4.C11H16O2S.C10H16O4.C8H12O4.8CH4/c1-10(13)9-11(16-2)7-5-3-4-6-8-12(14)15;1-9(12)8-10(13-2)5-6-11-4-3-7-14-11;1-7(11)6-10(14-2)5-3-4-8(10)9(12)13;1-5(9)3-8(12-2)4-6(8)7(10)11;;;;;;;;/h11H,3-9H2,1-2H3,(H,14,15);3-4,7,10H,5-6,8H2,1-2H3;8H,3-6H2,1-2H3,(H,12,13);6H,3-4H2,1-2H3,(H,10,11);8*1H4. The van der Waals surface area contributed by atoms with E-state index < -0.39 is 40.9 Å². The second-order valence-corrected chi connectivity index (χ2v) is 15.7. The maximum Gasteiger partial charge on any atom is 0.309 e. The molecule has 0 saturated heterocycles. The van der Waals surface area contributed by atoms with Crippen LogP contribution in [0.15, 0.2) is 17.5 Å². The maximum atomic E-state index is 11.1. The summed E-state index contributed by atoms with van der Waals surface area (Å²) in [5, 5.41) is 28.2. The molecular weight excluding hydrogens is 845 g/mol. The minimum Gasteiger partial charge on any atom is -0.481 e. The van der Waals surface area contributed by atoms with Crippen LogP contribution < -0.4 is 0 Å². The zero-order chi connectivity index (χ0) is 42.9. The van der Waals surface area contributed by atoms with Crippen molar-refractivity contribution in [3.63, 3.8) is 0 Å². The van der Waals surface area contributed by atoms with Crippen LogP contribution in [0.2, 0.25) is 0 Å². The molecule has 0 aromatic carbocycles. The van der Waals surface area contributed by atoms with E-state index in [9.17, 15) is 33.6 Å². The summed E-state index contributed by atoms with van der Waals surface area (Å²) in [4.78, 5) is 76.7. The van der Waals surface area contributed by atoms with Crippen molar-refractivity contribution in [3.05, 3.63) is 22.4 Å². The van der Waals surface area contributed by atoms with E-state index in [1.54, 1.807) is 39.4 Å². The summed E-state index contributed by atoms with van der Waals surface area (Å²) >= 11 is 1.75. The van der Waals surface area contributed by atoms with Crippen molar-refractivity contribution in [2.24, 2.45) is 11.8 Å². The van der Waals surface area contributed by atoms with Crippen LogP contribution in [0.1, 0.15) is 188 Å². The number of hydrogen-bond donors (Lipinski definition) is 3. The minimum atomic E-state index is -0.877. The van der Waals surface area contributed by atoms with Gasteiger partial charge in [0.05, 0.1) is 35.2 Å². The predicted molar refractivity (Wildman–Crippen MR) is 265 cm³/mol. The summed E-state index contributed by atoms with van der Waals surface area (Å²) in [6, 6.07) is 4.16. The molecule has 6 atom stereocenters. The number of carbonyl (C=O) groups is 7. The lowest BCUT2D eigenvalue weighted by molar-refractivity contribution is -0.154. The van der Waals surface area contributed by atoms with Crippen molar-refractivity contribution < 1.29 is 67.8 Å². The van der Waals surface area contributed by atoms with E-state index in [1.165, 1.54) is 32.9 Å². The molecule has 3 rings (SSSR count). The van der Waals surface area contributed by atoms with Gasteiger partial charge in [-0.15, -0.1) is 11.3 Å². The first-order valence-corrected chi connectivity index (χ1v) is 20.0. The highest BCUT2D eigenvalue weighted by Gasteiger charge is 2.60. The topological polar surface area (TPSA) is 217 Å². The molecule has 0 radical (unpaired) electrons. The summed E-state index contributed by atoms with van der Waals surface area (Å²) in [7, 11) is 6.23. The Bertz CT molecular complexity index is 1370. The van der Waals surface area contributed by atoms with Crippen LogP contribution in [-0.4, -0.2) is 108 Å². The molecule has 0 spiro atoms. The van der Waals surface area contributed by atoms with Gasteiger partial charge >= 0.3 is 17.9 Å². The van der Waals surface area contributed by atoms with Crippen molar-refractivity contribution in [1.82, 2.24) is 0 Å². The highest BCUT2D eigenvalue weighted by atomic mass is 32.1. The third kappa shape index (κ3) is 34.0.